The average Bonchev–Trinajstić information content (AvgIpc) is 2.53. The van der Waals surface area contributed by atoms with Gasteiger partial charge in [-0.3, -0.25) is 4.79 Å². The molecule has 1 aliphatic rings. The predicted octanol–water partition coefficient (Wildman–Crippen LogP) is 0.903. The van der Waals surface area contributed by atoms with Crippen molar-refractivity contribution in [2.75, 3.05) is 43.6 Å². The van der Waals surface area contributed by atoms with E-state index >= 15 is 0 Å². The number of amides is 1. The van der Waals surface area contributed by atoms with Crippen LogP contribution >= 0.6 is 11.6 Å². The first kappa shape index (κ1) is 15.8. The van der Waals surface area contributed by atoms with Gasteiger partial charge in [-0.15, -0.1) is 0 Å². The molecule has 1 fully saturated rings. The molecule has 0 saturated carbocycles. The van der Waals surface area contributed by atoms with Gasteiger partial charge in [-0.2, -0.15) is 4.98 Å². The van der Waals surface area contributed by atoms with Gasteiger partial charge in [-0.25, -0.2) is 4.98 Å². The molecule has 116 valence electrons. The van der Waals surface area contributed by atoms with E-state index in [1.54, 1.807) is 7.05 Å². The first-order chi connectivity index (χ1) is 10.2. The fraction of sp³-hybridized carbons (Fsp3) is 0.615. The second kappa shape index (κ2) is 7.42. The standard InChI is InChI=1S/C13H20ClN5O2/c1-3-4-16-12(20)10-8-21-6-5-19(10)11-9(14)7-17-13(15-2)18-11/h7,10H,3-6,8H2,1-2H3,(H,16,20)(H,15,17,18). The van der Waals surface area contributed by atoms with Crippen LogP contribution in [0.5, 0.6) is 0 Å². The van der Waals surface area contributed by atoms with Crippen LogP contribution in [0.3, 0.4) is 0 Å². The van der Waals surface area contributed by atoms with E-state index in [4.69, 9.17) is 16.3 Å². The number of hydrogen-bond donors (Lipinski definition) is 2. The lowest BCUT2D eigenvalue weighted by Gasteiger charge is -2.35. The molecule has 0 radical (unpaired) electrons. The lowest BCUT2D eigenvalue weighted by atomic mass is 10.2. The predicted molar refractivity (Wildman–Crippen MR) is 81.8 cm³/mol. The summed E-state index contributed by atoms with van der Waals surface area (Å²) < 4.78 is 5.43. The maximum absolute atomic E-state index is 12.3. The number of ether oxygens (including phenoxy) is 1. The number of carbonyl (C=O) groups is 1. The molecule has 7 nitrogen and oxygen atoms in total. The van der Waals surface area contributed by atoms with Crippen LogP contribution in [-0.4, -0.2) is 55.3 Å². The van der Waals surface area contributed by atoms with E-state index < -0.39 is 6.04 Å². The van der Waals surface area contributed by atoms with Crippen LogP contribution in [0.4, 0.5) is 11.8 Å². The highest BCUT2D eigenvalue weighted by molar-refractivity contribution is 6.32. The van der Waals surface area contributed by atoms with Crippen molar-refractivity contribution < 1.29 is 9.53 Å². The Morgan fingerprint density at radius 2 is 2.43 bits per heavy atom. The topological polar surface area (TPSA) is 79.4 Å². The van der Waals surface area contributed by atoms with Crippen molar-refractivity contribution >= 4 is 29.3 Å². The molecule has 0 spiro atoms. The third-order valence-corrected chi connectivity index (χ3v) is 3.47. The molecule has 21 heavy (non-hydrogen) atoms. The Morgan fingerprint density at radius 1 is 1.62 bits per heavy atom. The second-order valence-corrected chi connectivity index (χ2v) is 5.10. The molecule has 0 bridgehead atoms. The number of aromatic nitrogens is 2. The van der Waals surface area contributed by atoms with E-state index in [0.29, 0.717) is 43.1 Å². The summed E-state index contributed by atoms with van der Waals surface area (Å²) >= 11 is 6.19. The van der Waals surface area contributed by atoms with E-state index in [-0.39, 0.29) is 5.91 Å². The lowest BCUT2D eigenvalue weighted by molar-refractivity contribution is -0.124. The van der Waals surface area contributed by atoms with Gasteiger partial charge < -0.3 is 20.3 Å². The smallest absolute Gasteiger partial charge is 0.245 e. The first-order valence-corrected chi connectivity index (χ1v) is 7.37. The molecule has 1 unspecified atom stereocenters. The van der Waals surface area contributed by atoms with Crippen molar-refractivity contribution in [2.24, 2.45) is 0 Å². The number of nitrogens with zero attached hydrogens (tertiary/aromatic N) is 3. The minimum absolute atomic E-state index is 0.0720. The summed E-state index contributed by atoms with van der Waals surface area (Å²) in [5.74, 6) is 0.946. The summed E-state index contributed by atoms with van der Waals surface area (Å²) in [5.41, 5.74) is 0. The molecule has 2 N–H and O–H groups in total. The average molecular weight is 314 g/mol. The number of nitrogens with one attached hydrogen (secondary N) is 2. The summed E-state index contributed by atoms with van der Waals surface area (Å²) in [5, 5.41) is 6.18. The molecule has 0 aliphatic carbocycles. The number of anilines is 2. The Labute approximate surface area is 129 Å². The molecule has 2 rings (SSSR count). The number of hydrogen-bond acceptors (Lipinski definition) is 6. The maximum atomic E-state index is 12.3. The normalized spacial score (nSPS) is 18.4. The van der Waals surface area contributed by atoms with Crippen LogP contribution in [-0.2, 0) is 9.53 Å². The third-order valence-electron chi connectivity index (χ3n) is 3.20. The zero-order valence-corrected chi connectivity index (χ0v) is 13.0. The first-order valence-electron chi connectivity index (χ1n) is 6.99. The highest BCUT2D eigenvalue weighted by atomic mass is 35.5. The zero-order chi connectivity index (χ0) is 15.2. The second-order valence-electron chi connectivity index (χ2n) is 4.69. The Morgan fingerprint density at radius 3 is 3.14 bits per heavy atom. The van der Waals surface area contributed by atoms with Crippen molar-refractivity contribution in [3.8, 4) is 0 Å². The molecule has 1 atom stereocenters. The lowest BCUT2D eigenvalue weighted by Crippen LogP contribution is -2.54. The van der Waals surface area contributed by atoms with Crippen molar-refractivity contribution in [1.82, 2.24) is 15.3 Å². The number of halogens is 1. The molecule has 1 aromatic heterocycles. The van der Waals surface area contributed by atoms with E-state index in [1.807, 2.05) is 11.8 Å². The Kier molecular flexibility index (Phi) is 5.58. The minimum atomic E-state index is -0.428. The van der Waals surface area contributed by atoms with Gasteiger partial charge in [0.2, 0.25) is 11.9 Å². The Hall–Kier alpha value is -1.60. The minimum Gasteiger partial charge on any atom is -0.377 e. The summed E-state index contributed by atoms with van der Waals surface area (Å²) in [6.07, 6.45) is 2.42. The Balaban J connectivity index is 2.23. The summed E-state index contributed by atoms with van der Waals surface area (Å²) in [4.78, 5) is 22.6. The van der Waals surface area contributed by atoms with Gasteiger partial charge in [0.1, 0.15) is 11.1 Å². The molecular weight excluding hydrogens is 294 g/mol. The molecule has 1 saturated heterocycles. The van der Waals surface area contributed by atoms with Crippen molar-refractivity contribution in [3.05, 3.63) is 11.2 Å². The van der Waals surface area contributed by atoms with Crippen molar-refractivity contribution in [2.45, 2.75) is 19.4 Å². The maximum Gasteiger partial charge on any atom is 0.245 e. The van der Waals surface area contributed by atoms with Gasteiger partial charge in [0, 0.05) is 20.1 Å². The van der Waals surface area contributed by atoms with Crippen LogP contribution in [0.25, 0.3) is 0 Å². The van der Waals surface area contributed by atoms with Crippen LogP contribution in [0, 0.1) is 0 Å². The van der Waals surface area contributed by atoms with Gasteiger partial charge in [-0.1, -0.05) is 18.5 Å². The monoisotopic (exact) mass is 313 g/mol. The molecule has 1 aromatic rings. The van der Waals surface area contributed by atoms with Gasteiger partial charge in [0.05, 0.1) is 19.4 Å². The van der Waals surface area contributed by atoms with Crippen LogP contribution in [0.15, 0.2) is 6.20 Å². The Bertz CT molecular complexity index is 499. The fourth-order valence-corrected chi connectivity index (χ4v) is 2.32. The molecule has 1 aliphatic heterocycles. The fourth-order valence-electron chi connectivity index (χ4n) is 2.12. The van der Waals surface area contributed by atoms with E-state index in [1.165, 1.54) is 6.20 Å². The van der Waals surface area contributed by atoms with Crippen molar-refractivity contribution in [1.29, 1.82) is 0 Å². The summed E-state index contributed by atoms with van der Waals surface area (Å²) in [7, 11) is 1.73. The van der Waals surface area contributed by atoms with E-state index in [2.05, 4.69) is 20.6 Å². The number of morpholine rings is 1. The van der Waals surface area contributed by atoms with Gasteiger partial charge in [0.25, 0.3) is 0 Å². The highest BCUT2D eigenvalue weighted by Gasteiger charge is 2.31. The van der Waals surface area contributed by atoms with Gasteiger partial charge in [0.15, 0.2) is 5.82 Å². The SMILES string of the molecule is CCCNC(=O)C1COCCN1c1nc(NC)ncc1Cl. The molecule has 1 amide bonds. The van der Waals surface area contributed by atoms with Crippen LogP contribution in [0.1, 0.15) is 13.3 Å². The van der Waals surface area contributed by atoms with Crippen LogP contribution in [0.2, 0.25) is 5.02 Å². The molecular formula is C13H20ClN5O2. The zero-order valence-electron chi connectivity index (χ0n) is 12.2. The molecule has 0 aromatic carbocycles. The summed E-state index contributed by atoms with van der Waals surface area (Å²) in [6, 6.07) is -0.428. The highest BCUT2D eigenvalue weighted by Crippen LogP contribution is 2.26. The number of rotatable bonds is 5. The van der Waals surface area contributed by atoms with Crippen molar-refractivity contribution in [3.63, 3.8) is 0 Å². The van der Waals surface area contributed by atoms with E-state index in [0.717, 1.165) is 6.42 Å². The largest absolute Gasteiger partial charge is 0.377 e. The number of carbonyl (C=O) groups excluding carboxylic acids is 1. The third kappa shape index (κ3) is 3.74. The molecule has 2 heterocycles. The van der Waals surface area contributed by atoms with Crippen LogP contribution < -0.4 is 15.5 Å². The van der Waals surface area contributed by atoms with E-state index in [9.17, 15) is 4.79 Å². The summed E-state index contributed by atoms with van der Waals surface area (Å²) in [6.45, 7) is 4.07. The van der Waals surface area contributed by atoms with Gasteiger partial charge >= 0.3 is 0 Å². The van der Waals surface area contributed by atoms with Gasteiger partial charge in [-0.05, 0) is 6.42 Å². The quantitative estimate of drug-likeness (QED) is 0.841. The molecule has 8 heteroatoms.